The zero-order valence-electron chi connectivity index (χ0n) is 13.6. The van der Waals surface area contributed by atoms with Crippen LogP contribution in [0.2, 0.25) is 0 Å². The van der Waals surface area contributed by atoms with Gasteiger partial charge >= 0.3 is 5.97 Å². The Bertz CT molecular complexity index is 940. The minimum Gasteiger partial charge on any atom is -0.462 e. The Balaban J connectivity index is 2.11. The molecule has 0 aliphatic carbocycles. The van der Waals surface area contributed by atoms with Crippen LogP contribution < -0.4 is 0 Å². The number of carbonyl (C=O) groups excluding carboxylic acids is 1. The molecule has 24 heavy (non-hydrogen) atoms. The number of carbonyl (C=O) groups is 1. The highest BCUT2D eigenvalue weighted by Gasteiger charge is 2.18. The highest BCUT2D eigenvalue weighted by atomic mass is 32.1. The number of oxime groups is 1. The molecule has 124 valence electrons. The molecule has 0 unspecified atom stereocenters. The summed E-state index contributed by atoms with van der Waals surface area (Å²) in [6.45, 7) is 5.92. The summed E-state index contributed by atoms with van der Waals surface area (Å²) in [4.78, 5) is 20.2. The van der Waals surface area contributed by atoms with Crippen molar-refractivity contribution in [1.29, 1.82) is 0 Å². The Morgan fingerprint density at radius 3 is 2.96 bits per heavy atom. The number of H-pyrrole nitrogens is 1. The lowest BCUT2D eigenvalue weighted by Crippen LogP contribution is -2.03. The van der Waals surface area contributed by atoms with Crippen molar-refractivity contribution in [3.8, 4) is 10.6 Å². The first kappa shape index (κ1) is 16.2. The second kappa shape index (κ2) is 6.45. The Hall–Kier alpha value is -2.67. The number of benzene rings is 1. The van der Waals surface area contributed by atoms with Crippen molar-refractivity contribution in [3.05, 3.63) is 40.0 Å². The van der Waals surface area contributed by atoms with Crippen molar-refractivity contribution >= 4 is 34.4 Å². The van der Waals surface area contributed by atoms with Crippen LogP contribution in [0.1, 0.15) is 33.4 Å². The first-order valence-electron chi connectivity index (χ1n) is 7.49. The van der Waals surface area contributed by atoms with Gasteiger partial charge in [-0.05, 0) is 38.5 Å². The van der Waals surface area contributed by atoms with Gasteiger partial charge in [-0.3, -0.25) is 0 Å². The van der Waals surface area contributed by atoms with Gasteiger partial charge in [-0.1, -0.05) is 5.16 Å². The summed E-state index contributed by atoms with van der Waals surface area (Å²) in [5.74, 6) is -0.341. The molecule has 0 aliphatic rings. The second-order valence-corrected chi connectivity index (χ2v) is 6.36. The molecular weight excluding hydrogens is 326 g/mol. The van der Waals surface area contributed by atoms with Gasteiger partial charge in [0.25, 0.3) is 0 Å². The molecular formula is C17H17N3O3S. The predicted octanol–water partition coefficient (Wildman–Crippen LogP) is 3.89. The number of ether oxygens (including phenoxy) is 1. The lowest BCUT2D eigenvalue weighted by molar-refractivity contribution is 0.0531. The molecule has 7 heteroatoms. The van der Waals surface area contributed by atoms with Crippen LogP contribution in [0.5, 0.6) is 0 Å². The van der Waals surface area contributed by atoms with Crippen molar-refractivity contribution in [1.82, 2.24) is 9.97 Å². The number of fused-ring (bicyclic) bond motifs is 1. The molecule has 6 nitrogen and oxygen atoms in total. The monoisotopic (exact) mass is 343 g/mol. The normalized spacial score (nSPS) is 11.5. The fraction of sp³-hybridized carbons (Fsp3) is 0.235. The van der Waals surface area contributed by atoms with E-state index in [2.05, 4.69) is 15.1 Å². The van der Waals surface area contributed by atoms with Crippen LogP contribution in [0.3, 0.4) is 0 Å². The molecule has 3 rings (SSSR count). The number of hydrogen-bond donors (Lipinski definition) is 2. The van der Waals surface area contributed by atoms with Gasteiger partial charge in [0.2, 0.25) is 0 Å². The van der Waals surface area contributed by atoms with E-state index in [9.17, 15) is 4.79 Å². The van der Waals surface area contributed by atoms with Crippen molar-refractivity contribution < 1.29 is 14.7 Å². The summed E-state index contributed by atoms with van der Waals surface area (Å²) in [5.41, 5.74) is 4.39. The third-order valence-electron chi connectivity index (χ3n) is 3.72. The van der Waals surface area contributed by atoms with Crippen molar-refractivity contribution in [2.75, 3.05) is 6.61 Å². The highest BCUT2D eigenvalue weighted by molar-refractivity contribution is 7.17. The number of hydrogen-bond acceptors (Lipinski definition) is 6. The molecule has 0 aliphatic heterocycles. The molecule has 3 aromatic rings. The molecule has 0 atom stereocenters. The second-order valence-electron chi connectivity index (χ2n) is 5.36. The predicted molar refractivity (Wildman–Crippen MR) is 94.2 cm³/mol. The molecule has 2 N–H and O–H groups in total. The van der Waals surface area contributed by atoms with Crippen LogP contribution in [-0.2, 0) is 4.74 Å². The van der Waals surface area contributed by atoms with Gasteiger partial charge in [0.15, 0.2) is 0 Å². The van der Waals surface area contributed by atoms with Crippen molar-refractivity contribution in [3.63, 3.8) is 0 Å². The average molecular weight is 343 g/mol. The fourth-order valence-electron chi connectivity index (χ4n) is 2.63. The number of rotatable bonds is 4. The van der Waals surface area contributed by atoms with E-state index in [0.29, 0.717) is 17.2 Å². The Morgan fingerprint density at radius 1 is 1.46 bits per heavy atom. The summed E-state index contributed by atoms with van der Waals surface area (Å²) in [7, 11) is 0. The molecule has 0 bridgehead atoms. The van der Waals surface area contributed by atoms with Gasteiger partial charge in [0.05, 0.1) is 18.5 Å². The third kappa shape index (κ3) is 2.78. The Labute approximate surface area is 142 Å². The molecule has 0 amide bonds. The lowest BCUT2D eigenvalue weighted by Gasteiger charge is -2.02. The smallest absolute Gasteiger partial charge is 0.350 e. The maximum atomic E-state index is 12.0. The quantitative estimate of drug-likeness (QED) is 0.325. The highest BCUT2D eigenvalue weighted by Crippen LogP contribution is 2.33. The average Bonchev–Trinajstić information content (AvgIpc) is 3.12. The lowest BCUT2D eigenvalue weighted by atomic mass is 10.1. The van der Waals surface area contributed by atoms with E-state index in [1.807, 2.05) is 19.1 Å². The number of esters is 1. The van der Waals surface area contributed by atoms with Crippen LogP contribution >= 0.6 is 11.3 Å². The van der Waals surface area contributed by atoms with E-state index in [0.717, 1.165) is 32.6 Å². The van der Waals surface area contributed by atoms with Crippen LogP contribution in [0.15, 0.2) is 23.5 Å². The summed E-state index contributed by atoms with van der Waals surface area (Å²) in [6.07, 6.45) is 3.18. The van der Waals surface area contributed by atoms with Gasteiger partial charge in [-0.15, -0.1) is 11.3 Å². The van der Waals surface area contributed by atoms with Gasteiger partial charge < -0.3 is 14.9 Å². The maximum absolute atomic E-state index is 12.0. The third-order valence-corrected chi connectivity index (χ3v) is 4.91. The van der Waals surface area contributed by atoms with Crippen LogP contribution in [-0.4, -0.2) is 34.0 Å². The SMILES string of the molecule is CCOC(=O)c1sc(-c2cc(C)c3[nH]cc(/C=N/O)c3c2)nc1C. The zero-order valence-corrected chi connectivity index (χ0v) is 14.4. The topological polar surface area (TPSA) is 87.6 Å². The summed E-state index contributed by atoms with van der Waals surface area (Å²) in [5, 5.41) is 13.6. The van der Waals surface area contributed by atoms with Crippen molar-refractivity contribution in [2.45, 2.75) is 20.8 Å². The number of aryl methyl sites for hydroxylation is 2. The summed E-state index contributed by atoms with van der Waals surface area (Å²) in [6, 6.07) is 4.00. The van der Waals surface area contributed by atoms with Gasteiger partial charge in [-0.2, -0.15) is 0 Å². The Kier molecular flexibility index (Phi) is 4.35. The first-order valence-corrected chi connectivity index (χ1v) is 8.30. The summed E-state index contributed by atoms with van der Waals surface area (Å²) < 4.78 is 5.07. The maximum Gasteiger partial charge on any atom is 0.350 e. The van der Waals surface area contributed by atoms with Gasteiger partial charge in [0.1, 0.15) is 9.88 Å². The van der Waals surface area contributed by atoms with E-state index >= 15 is 0 Å². The number of thiazole rings is 1. The van der Waals surface area contributed by atoms with E-state index in [1.165, 1.54) is 17.6 Å². The Morgan fingerprint density at radius 2 is 2.25 bits per heavy atom. The molecule has 0 fully saturated rings. The fourth-order valence-corrected chi connectivity index (χ4v) is 3.58. The minimum absolute atomic E-state index is 0.337. The van der Waals surface area contributed by atoms with E-state index in [4.69, 9.17) is 9.94 Å². The number of nitrogens with zero attached hydrogens (tertiary/aromatic N) is 2. The first-order chi connectivity index (χ1) is 11.5. The molecule has 0 spiro atoms. The van der Waals surface area contributed by atoms with E-state index in [-0.39, 0.29) is 5.97 Å². The van der Waals surface area contributed by atoms with Gasteiger partial charge in [-0.25, -0.2) is 9.78 Å². The molecule has 2 heterocycles. The van der Waals surface area contributed by atoms with Crippen LogP contribution in [0.25, 0.3) is 21.5 Å². The molecule has 0 radical (unpaired) electrons. The summed E-state index contributed by atoms with van der Waals surface area (Å²) >= 11 is 1.32. The molecule has 0 saturated carbocycles. The standard InChI is InChI=1S/C17H17N3O3S/c1-4-23-17(21)15-10(3)20-16(24-15)11-5-9(2)14-13(6-11)12(7-18-14)8-19-22/h5-8,18,22H,4H2,1-3H3/b19-8+. The molecule has 2 aromatic heterocycles. The van der Waals surface area contributed by atoms with Crippen LogP contribution in [0.4, 0.5) is 0 Å². The number of aromatic amines is 1. The number of aromatic nitrogens is 2. The van der Waals surface area contributed by atoms with E-state index in [1.54, 1.807) is 20.0 Å². The minimum atomic E-state index is -0.341. The number of nitrogens with one attached hydrogen (secondary N) is 1. The van der Waals surface area contributed by atoms with Crippen LogP contribution in [0, 0.1) is 13.8 Å². The van der Waals surface area contributed by atoms with E-state index < -0.39 is 0 Å². The zero-order chi connectivity index (χ0) is 17.3. The molecule has 0 saturated heterocycles. The molecule has 1 aromatic carbocycles. The van der Waals surface area contributed by atoms with Crippen molar-refractivity contribution in [2.24, 2.45) is 5.16 Å². The van der Waals surface area contributed by atoms with Gasteiger partial charge in [0, 0.05) is 28.2 Å². The largest absolute Gasteiger partial charge is 0.462 e.